The number of oxime groups is 1. The highest BCUT2D eigenvalue weighted by Gasteiger charge is 2.30. The zero-order chi connectivity index (χ0) is 14.6. The van der Waals surface area contributed by atoms with Crippen LogP contribution in [0, 0.1) is 0 Å². The van der Waals surface area contributed by atoms with Gasteiger partial charge in [0.05, 0.1) is 11.1 Å². The summed E-state index contributed by atoms with van der Waals surface area (Å²) >= 11 is 5.69. The van der Waals surface area contributed by atoms with E-state index in [1.165, 1.54) is 18.2 Å². The van der Waals surface area contributed by atoms with Crippen LogP contribution in [0.2, 0.25) is 5.02 Å². The second kappa shape index (κ2) is 5.79. The van der Waals surface area contributed by atoms with Crippen molar-refractivity contribution in [1.82, 2.24) is 5.32 Å². The number of carbonyl (C=O) groups is 1. The Hall–Kier alpha value is -1.95. The molecule has 0 saturated carbocycles. The molecule has 5 N–H and O–H groups in total. The van der Waals surface area contributed by atoms with E-state index in [1.807, 2.05) is 0 Å². The van der Waals surface area contributed by atoms with E-state index in [1.54, 1.807) is 13.8 Å². The lowest BCUT2D eigenvalue weighted by Gasteiger charge is -2.28. The molecule has 1 rings (SSSR count). The molecule has 19 heavy (non-hydrogen) atoms. The highest BCUT2D eigenvalue weighted by atomic mass is 35.5. The maximum Gasteiger partial charge on any atom is 0.255 e. The topological polar surface area (TPSA) is 108 Å². The smallest absolute Gasteiger partial charge is 0.255 e. The van der Waals surface area contributed by atoms with Gasteiger partial charge in [0.25, 0.3) is 5.91 Å². The van der Waals surface area contributed by atoms with E-state index >= 15 is 0 Å². The Balaban J connectivity index is 3.02. The Morgan fingerprint density at radius 2 is 2.21 bits per heavy atom. The molecule has 0 spiro atoms. The normalized spacial score (nSPS) is 14.8. The third-order valence-electron chi connectivity index (χ3n) is 2.97. The molecule has 1 unspecified atom stereocenters. The number of nitrogens with zero attached hydrogens (tertiary/aromatic N) is 1. The van der Waals surface area contributed by atoms with Crippen molar-refractivity contribution < 1.29 is 15.1 Å². The first-order valence-electron chi connectivity index (χ1n) is 5.63. The first-order valence-corrected chi connectivity index (χ1v) is 6.01. The Morgan fingerprint density at radius 1 is 1.58 bits per heavy atom. The Bertz CT molecular complexity index is 519. The van der Waals surface area contributed by atoms with Crippen LogP contribution in [0.3, 0.4) is 0 Å². The summed E-state index contributed by atoms with van der Waals surface area (Å²) in [6, 6.07) is 4.15. The maximum absolute atomic E-state index is 12.1. The van der Waals surface area contributed by atoms with Gasteiger partial charge in [-0.25, -0.2) is 0 Å². The average Bonchev–Trinajstić information content (AvgIpc) is 2.37. The van der Waals surface area contributed by atoms with Gasteiger partial charge in [-0.1, -0.05) is 23.7 Å². The molecule has 0 aromatic heterocycles. The van der Waals surface area contributed by atoms with Crippen molar-refractivity contribution in [3.05, 3.63) is 28.8 Å². The Kier molecular flexibility index (Phi) is 4.61. The monoisotopic (exact) mass is 285 g/mol. The zero-order valence-corrected chi connectivity index (χ0v) is 11.4. The molecule has 0 bridgehead atoms. The molecule has 1 atom stereocenters. The van der Waals surface area contributed by atoms with Crippen LogP contribution in [-0.2, 0) is 0 Å². The molecule has 0 saturated heterocycles. The number of hydrogen-bond acceptors (Lipinski definition) is 4. The van der Waals surface area contributed by atoms with Crippen molar-refractivity contribution in [2.75, 3.05) is 0 Å². The molecule has 0 aliphatic rings. The van der Waals surface area contributed by atoms with Crippen LogP contribution in [0.1, 0.15) is 30.6 Å². The lowest BCUT2D eigenvalue weighted by molar-refractivity contribution is 0.0922. The average molecular weight is 286 g/mol. The van der Waals surface area contributed by atoms with Crippen LogP contribution in [0.4, 0.5) is 0 Å². The Morgan fingerprint density at radius 3 is 2.68 bits per heavy atom. The van der Waals surface area contributed by atoms with Gasteiger partial charge in [0.1, 0.15) is 5.75 Å². The number of amides is 1. The molecular formula is C12H16ClN3O3. The molecule has 104 valence electrons. The molecule has 0 aliphatic carbocycles. The molecule has 1 aromatic carbocycles. The number of carbonyl (C=O) groups excluding carboxylic acids is 1. The predicted molar refractivity (Wildman–Crippen MR) is 72.7 cm³/mol. The number of hydrogen-bond donors (Lipinski definition) is 4. The van der Waals surface area contributed by atoms with Crippen molar-refractivity contribution in [3.63, 3.8) is 0 Å². The molecule has 0 aliphatic heterocycles. The van der Waals surface area contributed by atoms with E-state index in [9.17, 15) is 9.90 Å². The molecular weight excluding hydrogens is 270 g/mol. The second-order valence-corrected chi connectivity index (χ2v) is 4.72. The minimum absolute atomic E-state index is 0.0646. The second-order valence-electron chi connectivity index (χ2n) is 4.29. The highest BCUT2D eigenvalue weighted by molar-refractivity contribution is 6.30. The maximum atomic E-state index is 12.1. The first kappa shape index (κ1) is 15.1. The number of phenols is 1. The van der Waals surface area contributed by atoms with E-state index in [2.05, 4.69) is 10.5 Å². The van der Waals surface area contributed by atoms with Crippen LogP contribution < -0.4 is 11.1 Å². The largest absolute Gasteiger partial charge is 0.507 e. The third kappa shape index (κ3) is 3.29. The van der Waals surface area contributed by atoms with Gasteiger partial charge < -0.3 is 21.4 Å². The van der Waals surface area contributed by atoms with Crippen molar-refractivity contribution in [2.24, 2.45) is 10.9 Å². The van der Waals surface area contributed by atoms with E-state index in [4.69, 9.17) is 22.5 Å². The van der Waals surface area contributed by atoms with Crippen LogP contribution in [-0.4, -0.2) is 27.6 Å². The minimum atomic E-state index is -1.00. The Labute approximate surface area is 115 Å². The predicted octanol–water partition coefficient (Wildman–Crippen LogP) is 1.69. The lowest BCUT2D eigenvalue weighted by atomic mass is 9.96. The van der Waals surface area contributed by atoms with Crippen LogP contribution in [0.15, 0.2) is 23.4 Å². The number of nitrogens with one attached hydrogen (secondary N) is 1. The summed E-state index contributed by atoms with van der Waals surface area (Å²) in [5.41, 5.74) is 4.61. The van der Waals surface area contributed by atoms with Gasteiger partial charge in [0.15, 0.2) is 5.84 Å². The minimum Gasteiger partial charge on any atom is -0.507 e. The molecule has 1 aromatic rings. The van der Waals surface area contributed by atoms with Crippen molar-refractivity contribution in [2.45, 2.75) is 25.8 Å². The number of amidine groups is 1. The molecule has 0 heterocycles. The number of benzene rings is 1. The van der Waals surface area contributed by atoms with Gasteiger partial charge in [-0.3, -0.25) is 4.79 Å². The number of nitrogens with two attached hydrogens (primary N) is 1. The highest BCUT2D eigenvalue weighted by Crippen LogP contribution is 2.22. The standard InChI is InChI=1S/C12H16ClN3O3/c1-3-12(2,11(14)16-19)15-10(18)8-5-4-7(13)6-9(8)17/h4-6,17,19H,3H2,1-2H3,(H2,14,16)(H,15,18). The van der Waals surface area contributed by atoms with E-state index in [-0.39, 0.29) is 17.1 Å². The van der Waals surface area contributed by atoms with Gasteiger partial charge in [-0.15, -0.1) is 0 Å². The summed E-state index contributed by atoms with van der Waals surface area (Å²) in [6.45, 7) is 3.40. The van der Waals surface area contributed by atoms with Gasteiger partial charge in [0, 0.05) is 5.02 Å². The third-order valence-corrected chi connectivity index (χ3v) is 3.21. The molecule has 0 fully saturated rings. The summed E-state index contributed by atoms with van der Waals surface area (Å²) in [5.74, 6) is -0.884. The van der Waals surface area contributed by atoms with Crippen molar-refractivity contribution >= 4 is 23.3 Å². The number of rotatable bonds is 4. The fourth-order valence-corrected chi connectivity index (χ4v) is 1.62. The number of aromatic hydroxyl groups is 1. The lowest BCUT2D eigenvalue weighted by Crippen LogP contribution is -2.55. The molecule has 1 amide bonds. The molecule has 7 heteroatoms. The summed E-state index contributed by atoms with van der Waals surface area (Å²) in [5, 5.41) is 24.2. The van der Waals surface area contributed by atoms with Crippen LogP contribution in [0.5, 0.6) is 5.75 Å². The van der Waals surface area contributed by atoms with Gasteiger partial charge in [-0.2, -0.15) is 0 Å². The summed E-state index contributed by atoms with van der Waals surface area (Å²) in [6.07, 6.45) is 0.420. The first-order chi connectivity index (χ1) is 8.84. The van der Waals surface area contributed by atoms with Crippen LogP contribution in [0.25, 0.3) is 0 Å². The zero-order valence-electron chi connectivity index (χ0n) is 10.6. The molecule has 6 nitrogen and oxygen atoms in total. The van der Waals surface area contributed by atoms with Gasteiger partial charge in [0.2, 0.25) is 0 Å². The summed E-state index contributed by atoms with van der Waals surface area (Å²) in [4.78, 5) is 12.1. The van der Waals surface area contributed by atoms with E-state index in [0.29, 0.717) is 11.4 Å². The summed E-state index contributed by atoms with van der Waals surface area (Å²) in [7, 11) is 0. The molecule has 0 radical (unpaired) electrons. The number of halogens is 1. The number of phenolic OH excluding ortho intramolecular Hbond substituents is 1. The SMILES string of the molecule is CCC(C)(NC(=O)c1ccc(Cl)cc1O)/C(N)=N/O. The van der Waals surface area contributed by atoms with Gasteiger partial charge in [-0.05, 0) is 31.5 Å². The quantitative estimate of drug-likeness (QED) is 0.292. The van der Waals surface area contributed by atoms with Crippen molar-refractivity contribution in [1.29, 1.82) is 0 Å². The van der Waals surface area contributed by atoms with E-state index < -0.39 is 11.4 Å². The van der Waals surface area contributed by atoms with E-state index in [0.717, 1.165) is 0 Å². The fourth-order valence-electron chi connectivity index (χ4n) is 1.46. The summed E-state index contributed by atoms with van der Waals surface area (Å²) < 4.78 is 0. The van der Waals surface area contributed by atoms with Crippen LogP contribution >= 0.6 is 11.6 Å². The fraction of sp³-hybridized carbons (Fsp3) is 0.333. The van der Waals surface area contributed by atoms with Crippen molar-refractivity contribution in [3.8, 4) is 5.75 Å². The van der Waals surface area contributed by atoms with Gasteiger partial charge >= 0.3 is 0 Å².